The molecule has 0 unspecified atom stereocenters. The number of ether oxygens (including phenoxy) is 2. The monoisotopic (exact) mass is 257 g/mol. The molecule has 0 fully saturated rings. The maximum Gasteiger partial charge on any atom is 0.126 e. The predicted molar refractivity (Wildman–Crippen MR) is 71.6 cm³/mol. The SMILES string of the molecule is COc1cc(C)c(CCNCCCl)c(OC)c1. The first-order chi connectivity index (χ1) is 8.22. The Labute approximate surface area is 108 Å². The number of rotatable bonds is 7. The average molecular weight is 258 g/mol. The molecule has 1 N–H and O–H groups in total. The van der Waals surface area contributed by atoms with Crippen LogP contribution in [-0.2, 0) is 6.42 Å². The van der Waals surface area contributed by atoms with Crippen molar-refractivity contribution in [1.82, 2.24) is 5.32 Å². The van der Waals surface area contributed by atoms with Crippen molar-refractivity contribution >= 4 is 11.6 Å². The van der Waals surface area contributed by atoms with Crippen LogP contribution in [0.2, 0.25) is 0 Å². The van der Waals surface area contributed by atoms with Gasteiger partial charge >= 0.3 is 0 Å². The summed E-state index contributed by atoms with van der Waals surface area (Å²) in [7, 11) is 3.35. The molecule has 0 bridgehead atoms. The van der Waals surface area contributed by atoms with Crippen LogP contribution < -0.4 is 14.8 Å². The molecule has 1 aromatic carbocycles. The van der Waals surface area contributed by atoms with Crippen molar-refractivity contribution in [2.24, 2.45) is 0 Å². The standard InChI is InChI=1S/C13H20ClNO2/c1-10-8-11(16-2)9-13(17-3)12(10)4-6-15-7-5-14/h8-9,15H,4-7H2,1-3H3. The van der Waals surface area contributed by atoms with Gasteiger partial charge in [0.05, 0.1) is 14.2 Å². The molecule has 96 valence electrons. The molecule has 0 saturated heterocycles. The molecule has 1 rings (SSSR count). The molecule has 1 aromatic rings. The van der Waals surface area contributed by atoms with E-state index in [0.29, 0.717) is 5.88 Å². The van der Waals surface area contributed by atoms with E-state index in [1.165, 1.54) is 11.1 Å². The van der Waals surface area contributed by atoms with Crippen LogP contribution >= 0.6 is 11.6 Å². The smallest absolute Gasteiger partial charge is 0.126 e. The third kappa shape index (κ3) is 4.10. The first-order valence-corrected chi connectivity index (χ1v) is 6.24. The lowest BCUT2D eigenvalue weighted by Gasteiger charge is -2.14. The van der Waals surface area contributed by atoms with Gasteiger partial charge in [-0.05, 0) is 37.1 Å². The molecule has 0 saturated carbocycles. The highest BCUT2D eigenvalue weighted by Gasteiger charge is 2.08. The maximum absolute atomic E-state index is 5.61. The minimum atomic E-state index is 0.638. The molecule has 0 amide bonds. The molecule has 0 aliphatic heterocycles. The largest absolute Gasteiger partial charge is 0.497 e. The van der Waals surface area contributed by atoms with E-state index < -0.39 is 0 Å². The third-order valence-electron chi connectivity index (χ3n) is 2.68. The van der Waals surface area contributed by atoms with Crippen LogP contribution in [0.4, 0.5) is 0 Å². The normalized spacial score (nSPS) is 10.4. The van der Waals surface area contributed by atoms with Gasteiger partial charge in [0.15, 0.2) is 0 Å². The Kier molecular flexibility index (Phi) is 6.16. The Morgan fingerprint density at radius 3 is 2.53 bits per heavy atom. The van der Waals surface area contributed by atoms with Gasteiger partial charge < -0.3 is 14.8 Å². The van der Waals surface area contributed by atoms with Gasteiger partial charge in [-0.3, -0.25) is 0 Å². The number of halogens is 1. The lowest BCUT2D eigenvalue weighted by atomic mass is 10.0. The molecule has 0 aliphatic rings. The molecule has 0 aliphatic carbocycles. The summed E-state index contributed by atoms with van der Waals surface area (Å²) < 4.78 is 10.6. The molecular weight excluding hydrogens is 238 g/mol. The Balaban J connectivity index is 2.75. The highest BCUT2D eigenvalue weighted by Crippen LogP contribution is 2.28. The fraction of sp³-hybridized carbons (Fsp3) is 0.538. The summed E-state index contributed by atoms with van der Waals surface area (Å²) >= 11 is 5.61. The van der Waals surface area contributed by atoms with E-state index in [1.54, 1.807) is 14.2 Å². The number of benzene rings is 1. The van der Waals surface area contributed by atoms with Crippen LogP contribution in [-0.4, -0.2) is 33.2 Å². The van der Waals surface area contributed by atoms with Crippen LogP contribution in [0.5, 0.6) is 11.5 Å². The van der Waals surface area contributed by atoms with Crippen LogP contribution in [0.25, 0.3) is 0 Å². The van der Waals surface area contributed by atoms with E-state index in [0.717, 1.165) is 31.0 Å². The second kappa shape index (κ2) is 7.41. The van der Waals surface area contributed by atoms with Crippen molar-refractivity contribution in [3.8, 4) is 11.5 Å². The molecule has 3 nitrogen and oxygen atoms in total. The van der Waals surface area contributed by atoms with E-state index >= 15 is 0 Å². The summed E-state index contributed by atoms with van der Waals surface area (Å²) in [6, 6.07) is 3.95. The highest BCUT2D eigenvalue weighted by atomic mass is 35.5. The topological polar surface area (TPSA) is 30.5 Å². The van der Waals surface area contributed by atoms with Crippen LogP contribution in [0.15, 0.2) is 12.1 Å². The minimum Gasteiger partial charge on any atom is -0.497 e. The summed E-state index contributed by atoms with van der Waals surface area (Å²) in [6.45, 7) is 3.80. The van der Waals surface area contributed by atoms with Crippen molar-refractivity contribution < 1.29 is 9.47 Å². The maximum atomic E-state index is 5.61. The zero-order valence-corrected chi connectivity index (χ0v) is 11.4. The predicted octanol–water partition coefficient (Wildman–Crippen LogP) is 2.38. The van der Waals surface area contributed by atoms with E-state index in [2.05, 4.69) is 12.2 Å². The number of aryl methyl sites for hydroxylation is 1. The lowest BCUT2D eigenvalue weighted by Crippen LogP contribution is -2.20. The lowest BCUT2D eigenvalue weighted by molar-refractivity contribution is 0.390. The van der Waals surface area contributed by atoms with Gasteiger partial charge in [0.2, 0.25) is 0 Å². The summed E-state index contributed by atoms with van der Waals surface area (Å²) in [5.74, 6) is 2.35. The molecule has 4 heteroatoms. The van der Waals surface area contributed by atoms with E-state index in [9.17, 15) is 0 Å². The van der Waals surface area contributed by atoms with Gasteiger partial charge in [-0.1, -0.05) is 0 Å². The fourth-order valence-electron chi connectivity index (χ4n) is 1.78. The number of alkyl halides is 1. The molecule has 0 radical (unpaired) electrons. The van der Waals surface area contributed by atoms with Gasteiger partial charge in [0.25, 0.3) is 0 Å². The van der Waals surface area contributed by atoms with Crippen molar-refractivity contribution in [2.45, 2.75) is 13.3 Å². The van der Waals surface area contributed by atoms with E-state index in [1.807, 2.05) is 12.1 Å². The highest BCUT2D eigenvalue weighted by molar-refractivity contribution is 6.18. The zero-order chi connectivity index (χ0) is 12.7. The number of nitrogens with one attached hydrogen (secondary N) is 1. The van der Waals surface area contributed by atoms with E-state index in [-0.39, 0.29) is 0 Å². The Hall–Kier alpha value is -0.930. The number of hydrogen-bond donors (Lipinski definition) is 1. The van der Waals surface area contributed by atoms with E-state index in [4.69, 9.17) is 21.1 Å². The summed E-state index contributed by atoms with van der Waals surface area (Å²) in [5.41, 5.74) is 2.41. The van der Waals surface area contributed by atoms with Crippen LogP contribution in [0, 0.1) is 6.92 Å². The molecule has 0 aromatic heterocycles. The van der Waals surface area contributed by atoms with Crippen molar-refractivity contribution in [3.05, 3.63) is 23.3 Å². The van der Waals surface area contributed by atoms with Gasteiger partial charge in [-0.25, -0.2) is 0 Å². The van der Waals surface area contributed by atoms with Crippen molar-refractivity contribution in [2.75, 3.05) is 33.2 Å². The Bertz CT molecular complexity index is 356. The van der Waals surface area contributed by atoms with Crippen molar-refractivity contribution in [1.29, 1.82) is 0 Å². The molecule has 17 heavy (non-hydrogen) atoms. The molecule has 0 spiro atoms. The molecule has 0 atom stereocenters. The van der Waals surface area contributed by atoms with Gasteiger partial charge in [0, 0.05) is 18.5 Å². The Morgan fingerprint density at radius 2 is 1.94 bits per heavy atom. The summed E-state index contributed by atoms with van der Waals surface area (Å²) in [6.07, 6.45) is 0.926. The summed E-state index contributed by atoms with van der Waals surface area (Å²) in [4.78, 5) is 0. The first-order valence-electron chi connectivity index (χ1n) is 5.71. The second-order valence-electron chi connectivity index (χ2n) is 3.81. The van der Waals surface area contributed by atoms with Crippen molar-refractivity contribution in [3.63, 3.8) is 0 Å². The number of methoxy groups -OCH3 is 2. The molecular formula is C13H20ClNO2. The summed E-state index contributed by atoms with van der Waals surface area (Å²) in [5, 5.41) is 3.27. The number of hydrogen-bond acceptors (Lipinski definition) is 3. The Morgan fingerprint density at radius 1 is 1.18 bits per heavy atom. The molecule has 0 heterocycles. The second-order valence-corrected chi connectivity index (χ2v) is 4.19. The van der Waals surface area contributed by atoms with Gasteiger partial charge in [-0.2, -0.15) is 0 Å². The quantitative estimate of drug-likeness (QED) is 0.601. The fourth-order valence-corrected chi connectivity index (χ4v) is 1.91. The van der Waals surface area contributed by atoms with Crippen LogP contribution in [0.1, 0.15) is 11.1 Å². The van der Waals surface area contributed by atoms with Gasteiger partial charge in [-0.15, -0.1) is 11.6 Å². The first kappa shape index (κ1) is 14.1. The van der Waals surface area contributed by atoms with Crippen LogP contribution in [0.3, 0.4) is 0 Å². The average Bonchev–Trinajstić information content (AvgIpc) is 2.35. The minimum absolute atomic E-state index is 0.638. The zero-order valence-electron chi connectivity index (χ0n) is 10.7. The third-order valence-corrected chi connectivity index (χ3v) is 2.87. The van der Waals surface area contributed by atoms with Gasteiger partial charge in [0.1, 0.15) is 11.5 Å².